The molecule has 1 aliphatic rings. The highest BCUT2D eigenvalue weighted by molar-refractivity contribution is 7.99. The van der Waals surface area contributed by atoms with Gasteiger partial charge < -0.3 is 19.5 Å². The Kier molecular flexibility index (Phi) is 6.42. The van der Waals surface area contributed by atoms with Crippen LogP contribution in [0.3, 0.4) is 0 Å². The van der Waals surface area contributed by atoms with Crippen LogP contribution >= 0.6 is 23.1 Å². The molecule has 34 heavy (non-hydrogen) atoms. The highest BCUT2D eigenvalue weighted by Crippen LogP contribution is 2.39. The molecule has 5 rings (SSSR count). The van der Waals surface area contributed by atoms with E-state index in [1.165, 1.54) is 11.3 Å². The molecule has 176 valence electrons. The zero-order valence-corrected chi connectivity index (χ0v) is 20.5. The van der Waals surface area contributed by atoms with Gasteiger partial charge >= 0.3 is 5.97 Å². The fourth-order valence-electron chi connectivity index (χ4n) is 4.06. The molecular formula is C24H24N4O4S2. The van der Waals surface area contributed by atoms with E-state index in [9.17, 15) is 9.59 Å². The van der Waals surface area contributed by atoms with Crippen LogP contribution in [0.25, 0.3) is 22.4 Å². The maximum Gasteiger partial charge on any atom is 0.341 e. The van der Waals surface area contributed by atoms with Crippen molar-refractivity contribution in [3.8, 4) is 11.5 Å². The molecule has 0 bridgehead atoms. The molecule has 1 aliphatic carbocycles. The Labute approximate surface area is 204 Å². The first-order chi connectivity index (χ1) is 16.5. The van der Waals surface area contributed by atoms with Crippen molar-refractivity contribution in [1.82, 2.24) is 15.2 Å². The largest absolute Gasteiger partial charge is 0.459 e. The summed E-state index contributed by atoms with van der Waals surface area (Å²) in [5.41, 5.74) is 3.32. The van der Waals surface area contributed by atoms with Gasteiger partial charge in [0.05, 0.1) is 23.0 Å². The Morgan fingerprint density at radius 1 is 1.24 bits per heavy atom. The standard InChI is InChI=1S/C24H24N4O4S2/c1-13(2)31-23(30)20-15-8-4-6-10-18(15)34-22(20)26-19(29)12-33-24-28-27-21(32-24)16-11-25-17-9-5-3-7-14(16)17/h3,5,7,9,11,13,25H,4,6,8,10,12H2,1-2H3,(H,26,29). The predicted octanol–water partition coefficient (Wildman–Crippen LogP) is 5.45. The molecule has 0 saturated carbocycles. The lowest BCUT2D eigenvalue weighted by atomic mass is 9.95. The summed E-state index contributed by atoms with van der Waals surface area (Å²) < 4.78 is 11.2. The van der Waals surface area contributed by atoms with Gasteiger partial charge in [0.15, 0.2) is 0 Å². The van der Waals surface area contributed by atoms with E-state index in [0.717, 1.165) is 64.4 Å². The number of para-hydroxylation sites is 1. The number of esters is 1. The summed E-state index contributed by atoms with van der Waals surface area (Å²) in [6.07, 6.45) is 5.48. The molecule has 2 N–H and O–H groups in total. The monoisotopic (exact) mass is 496 g/mol. The van der Waals surface area contributed by atoms with E-state index in [-0.39, 0.29) is 23.7 Å². The van der Waals surface area contributed by atoms with Gasteiger partial charge in [-0.2, -0.15) is 0 Å². The third-order valence-electron chi connectivity index (χ3n) is 5.52. The summed E-state index contributed by atoms with van der Waals surface area (Å²) in [4.78, 5) is 29.8. The van der Waals surface area contributed by atoms with Crippen molar-refractivity contribution in [2.75, 3.05) is 11.1 Å². The lowest BCUT2D eigenvalue weighted by Crippen LogP contribution is -2.18. The average molecular weight is 497 g/mol. The number of anilines is 1. The number of hydrogen-bond acceptors (Lipinski definition) is 8. The number of thiophene rings is 1. The van der Waals surface area contributed by atoms with Crippen LogP contribution in [0.2, 0.25) is 0 Å². The minimum Gasteiger partial charge on any atom is -0.459 e. The molecule has 0 atom stereocenters. The quantitative estimate of drug-likeness (QED) is 0.258. The lowest BCUT2D eigenvalue weighted by Gasteiger charge is -2.14. The molecule has 3 heterocycles. The molecule has 1 amide bonds. The summed E-state index contributed by atoms with van der Waals surface area (Å²) in [7, 11) is 0. The molecule has 10 heteroatoms. The summed E-state index contributed by atoms with van der Waals surface area (Å²) in [6.45, 7) is 3.64. The number of benzene rings is 1. The molecule has 0 radical (unpaired) electrons. The molecular weight excluding hydrogens is 472 g/mol. The fourth-order valence-corrected chi connectivity index (χ4v) is 5.92. The van der Waals surface area contributed by atoms with Crippen molar-refractivity contribution in [2.45, 2.75) is 50.9 Å². The Balaban J connectivity index is 1.27. The topological polar surface area (TPSA) is 110 Å². The Hall–Kier alpha value is -3.11. The van der Waals surface area contributed by atoms with Crippen molar-refractivity contribution < 1.29 is 18.7 Å². The van der Waals surface area contributed by atoms with E-state index in [1.54, 1.807) is 0 Å². The number of carbonyl (C=O) groups is 2. The third kappa shape index (κ3) is 4.60. The van der Waals surface area contributed by atoms with Crippen molar-refractivity contribution >= 4 is 50.9 Å². The molecule has 4 aromatic rings. The Morgan fingerprint density at radius 3 is 2.91 bits per heavy atom. The van der Waals surface area contributed by atoms with Crippen LogP contribution in [-0.4, -0.2) is 38.9 Å². The molecule has 0 saturated heterocycles. The van der Waals surface area contributed by atoms with Gasteiger partial charge in [-0.05, 0) is 51.2 Å². The van der Waals surface area contributed by atoms with E-state index in [0.29, 0.717) is 21.7 Å². The number of thioether (sulfide) groups is 1. The van der Waals surface area contributed by atoms with Crippen LogP contribution in [-0.2, 0) is 22.4 Å². The first-order valence-corrected chi connectivity index (χ1v) is 13.0. The number of rotatable bonds is 7. The van der Waals surface area contributed by atoms with Crippen LogP contribution < -0.4 is 5.32 Å². The summed E-state index contributed by atoms with van der Waals surface area (Å²) in [5.74, 6) is -0.145. The second-order valence-corrected chi connectivity index (χ2v) is 10.4. The zero-order chi connectivity index (χ0) is 23.7. The number of ether oxygens (including phenoxy) is 1. The molecule has 8 nitrogen and oxygen atoms in total. The number of nitrogens with zero attached hydrogens (tertiary/aromatic N) is 2. The minimum absolute atomic E-state index is 0.0801. The normalized spacial score (nSPS) is 13.3. The van der Waals surface area contributed by atoms with Gasteiger partial charge in [0.25, 0.3) is 11.1 Å². The molecule has 0 spiro atoms. The molecule has 0 aliphatic heterocycles. The lowest BCUT2D eigenvalue weighted by molar-refractivity contribution is -0.113. The molecule has 3 aromatic heterocycles. The molecule has 0 unspecified atom stereocenters. The SMILES string of the molecule is CC(C)OC(=O)c1c(NC(=O)CSc2nnc(-c3c[nH]c4ccccc34)o2)sc2c1CCCC2. The summed E-state index contributed by atoms with van der Waals surface area (Å²) in [5, 5.41) is 13.0. The van der Waals surface area contributed by atoms with Crippen molar-refractivity contribution in [3.63, 3.8) is 0 Å². The number of carbonyl (C=O) groups excluding carboxylic acids is 2. The average Bonchev–Trinajstić information content (AvgIpc) is 3.53. The highest BCUT2D eigenvalue weighted by atomic mass is 32.2. The number of hydrogen-bond donors (Lipinski definition) is 2. The smallest absolute Gasteiger partial charge is 0.341 e. The number of fused-ring (bicyclic) bond motifs is 2. The van der Waals surface area contributed by atoms with Crippen LogP contribution in [0.5, 0.6) is 0 Å². The first-order valence-electron chi connectivity index (χ1n) is 11.2. The maximum atomic E-state index is 12.8. The van der Waals surface area contributed by atoms with Gasteiger partial charge in [-0.1, -0.05) is 30.0 Å². The Morgan fingerprint density at radius 2 is 2.06 bits per heavy atom. The van der Waals surface area contributed by atoms with Crippen molar-refractivity contribution in [3.05, 3.63) is 46.5 Å². The zero-order valence-electron chi connectivity index (χ0n) is 18.8. The first kappa shape index (κ1) is 22.7. The van der Waals surface area contributed by atoms with Crippen LogP contribution in [0.1, 0.15) is 47.5 Å². The fraction of sp³-hybridized carbons (Fsp3) is 0.333. The van der Waals surface area contributed by atoms with E-state index in [4.69, 9.17) is 9.15 Å². The number of nitrogens with one attached hydrogen (secondary N) is 2. The number of amides is 1. The van der Waals surface area contributed by atoms with Gasteiger partial charge in [0, 0.05) is 22.0 Å². The predicted molar refractivity (Wildman–Crippen MR) is 132 cm³/mol. The van der Waals surface area contributed by atoms with Gasteiger partial charge in [-0.3, -0.25) is 4.79 Å². The van der Waals surface area contributed by atoms with Gasteiger partial charge in [-0.15, -0.1) is 21.5 Å². The van der Waals surface area contributed by atoms with Crippen molar-refractivity contribution in [2.24, 2.45) is 0 Å². The number of aromatic amines is 1. The highest BCUT2D eigenvalue weighted by Gasteiger charge is 2.28. The molecule has 1 aromatic carbocycles. The van der Waals surface area contributed by atoms with Gasteiger partial charge in [-0.25, -0.2) is 4.79 Å². The maximum absolute atomic E-state index is 12.8. The number of aromatic nitrogens is 3. The Bertz CT molecular complexity index is 1350. The van der Waals surface area contributed by atoms with Gasteiger partial charge in [0.1, 0.15) is 5.00 Å². The number of aryl methyl sites for hydroxylation is 1. The second-order valence-electron chi connectivity index (χ2n) is 8.33. The third-order valence-corrected chi connectivity index (χ3v) is 7.55. The summed E-state index contributed by atoms with van der Waals surface area (Å²) in [6, 6.07) is 7.86. The van der Waals surface area contributed by atoms with Crippen LogP contribution in [0, 0.1) is 0 Å². The second kappa shape index (κ2) is 9.63. The number of H-pyrrole nitrogens is 1. The van der Waals surface area contributed by atoms with E-state index >= 15 is 0 Å². The molecule has 0 fully saturated rings. The van der Waals surface area contributed by atoms with E-state index < -0.39 is 0 Å². The van der Waals surface area contributed by atoms with E-state index in [2.05, 4.69) is 20.5 Å². The van der Waals surface area contributed by atoms with E-state index in [1.807, 2.05) is 44.3 Å². The summed E-state index contributed by atoms with van der Waals surface area (Å²) >= 11 is 2.63. The van der Waals surface area contributed by atoms with Crippen molar-refractivity contribution in [1.29, 1.82) is 0 Å². The van der Waals surface area contributed by atoms with Gasteiger partial charge in [0.2, 0.25) is 5.91 Å². The van der Waals surface area contributed by atoms with Crippen LogP contribution in [0.15, 0.2) is 40.1 Å². The van der Waals surface area contributed by atoms with Crippen LogP contribution in [0.4, 0.5) is 5.00 Å². The minimum atomic E-state index is -0.377.